The molecule has 2 saturated heterocycles. The highest BCUT2D eigenvalue weighted by Gasteiger charge is 2.79. The molecule has 4 fully saturated rings. The fourth-order valence-corrected chi connectivity index (χ4v) is 9.02. The fraction of sp³-hybridized carbons (Fsp3) is 0.706. The highest BCUT2D eigenvalue weighted by atomic mass is 16.6. The summed E-state index contributed by atoms with van der Waals surface area (Å²) in [5.74, 6) is -5.56. The first kappa shape index (κ1) is 34.3. The van der Waals surface area contributed by atoms with Gasteiger partial charge in [-0.3, -0.25) is 14.4 Å². The zero-order valence-corrected chi connectivity index (χ0v) is 27.3. The normalized spacial score (nSPS) is 41.5. The lowest BCUT2D eigenvalue weighted by Gasteiger charge is -2.57. The second kappa shape index (κ2) is 11.9. The molecule has 12 atom stereocenters. The molecule has 2 aliphatic carbocycles. The smallest absolute Gasteiger partial charge is 0.335 e. The number of Topliss-reactive ketones (excluding diaryl/α,β-unsaturated/α-hetero) is 1. The van der Waals surface area contributed by atoms with Crippen LogP contribution in [-0.4, -0.2) is 87.8 Å². The van der Waals surface area contributed by atoms with E-state index in [1.165, 1.54) is 12.5 Å². The molecule has 1 aromatic rings. The summed E-state index contributed by atoms with van der Waals surface area (Å²) in [6.07, 6.45) is -2.10. The molecule has 0 spiro atoms. The Morgan fingerprint density at radius 3 is 2.46 bits per heavy atom. The molecule has 2 saturated carbocycles. The molecule has 5 rings (SSSR count). The maximum absolute atomic E-state index is 14.1. The summed E-state index contributed by atoms with van der Waals surface area (Å²) in [7, 11) is 0. The molecule has 2 aliphatic heterocycles. The van der Waals surface area contributed by atoms with E-state index in [0.29, 0.717) is 12.0 Å². The van der Waals surface area contributed by atoms with Crippen molar-refractivity contribution in [2.24, 2.45) is 28.6 Å². The van der Waals surface area contributed by atoms with Crippen molar-refractivity contribution in [3.8, 4) is 0 Å². The lowest BCUT2D eigenvalue weighted by Crippen LogP contribution is -2.68. The van der Waals surface area contributed by atoms with Crippen LogP contribution in [0.15, 0.2) is 35.2 Å². The zero-order chi connectivity index (χ0) is 34.0. The van der Waals surface area contributed by atoms with Crippen LogP contribution in [0.3, 0.4) is 0 Å². The Balaban J connectivity index is 1.72. The number of carbonyl (C=O) groups is 4. The standard InChI is InChI=1S/C34H46O12/c1-8-17(3)27(39)30(40)45-29-28-26(18(4)34(41)22(36)12-20(33(29,34)7)19-10-11-42-15-19)32(6,23(44-28)14-24(37)43-9-2)21-13-25(38)46-31(21,5)16-35/h10-11,15,17,20-21,23,26-29,35,39,41H,4,8-9,12-14,16H2,1-3,5-7H3/t17-,20+,21+,23+,26-,27-,28-,29+,31-,32-,33-,34-/m1/s1. The highest BCUT2D eigenvalue weighted by molar-refractivity contribution is 5.96. The van der Waals surface area contributed by atoms with Crippen molar-refractivity contribution in [2.75, 3.05) is 13.2 Å². The SMILES string of the molecule is C=C1[C@@H]2[C@@H](O[C@@H](CC(=O)OCC)[C@@]2(C)[C@H]2CC(=O)O[C@]2(C)CO)[C@H](OC(=O)[C@H](O)[C@H](C)CC)[C@@]2(C)[C@H](c3ccoc3)CC(=O)[C@]12O. The van der Waals surface area contributed by atoms with Crippen LogP contribution in [0, 0.1) is 28.6 Å². The molecular formula is C34H46O12. The van der Waals surface area contributed by atoms with Crippen molar-refractivity contribution in [1.29, 1.82) is 0 Å². The largest absolute Gasteiger partial charge is 0.472 e. The quantitative estimate of drug-likeness (QED) is 0.193. The molecule has 3 heterocycles. The van der Waals surface area contributed by atoms with Crippen LogP contribution in [0.5, 0.6) is 0 Å². The molecule has 0 radical (unpaired) electrons. The van der Waals surface area contributed by atoms with Crippen molar-refractivity contribution in [1.82, 2.24) is 0 Å². The van der Waals surface area contributed by atoms with E-state index in [9.17, 15) is 34.5 Å². The van der Waals surface area contributed by atoms with E-state index < -0.39 is 100 Å². The van der Waals surface area contributed by atoms with E-state index in [2.05, 4.69) is 6.58 Å². The summed E-state index contributed by atoms with van der Waals surface area (Å²) in [6.45, 7) is 14.1. The Labute approximate surface area is 268 Å². The van der Waals surface area contributed by atoms with Gasteiger partial charge in [-0.2, -0.15) is 0 Å². The Hall–Kier alpha value is -3.06. The monoisotopic (exact) mass is 646 g/mol. The van der Waals surface area contributed by atoms with Gasteiger partial charge in [0.25, 0.3) is 0 Å². The molecule has 1 aromatic heterocycles. The number of aliphatic hydroxyl groups excluding tert-OH is 2. The second-order valence-electron chi connectivity index (χ2n) is 14.1. The molecule has 254 valence electrons. The first-order chi connectivity index (χ1) is 21.6. The van der Waals surface area contributed by atoms with Gasteiger partial charge in [0.2, 0.25) is 0 Å². The number of carbonyl (C=O) groups excluding carboxylic acids is 4. The summed E-state index contributed by atoms with van der Waals surface area (Å²) in [5, 5.41) is 34.1. The molecule has 4 aliphatic rings. The molecule has 0 unspecified atom stereocenters. The number of furan rings is 1. The van der Waals surface area contributed by atoms with Gasteiger partial charge in [-0.05, 0) is 37.0 Å². The minimum Gasteiger partial charge on any atom is -0.472 e. The first-order valence-corrected chi connectivity index (χ1v) is 16.0. The minimum absolute atomic E-state index is 0.0965. The van der Waals surface area contributed by atoms with Gasteiger partial charge in [-0.15, -0.1) is 0 Å². The summed E-state index contributed by atoms with van der Waals surface area (Å²) < 4.78 is 29.2. The van der Waals surface area contributed by atoms with Crippen LogP contribution in [-0.2, 0) is 38.1 Å². The van der Waals surface area contributed by atoms with Gasteiger partial charge in [0.15, 0.2) is 17.5 Å². The summed E-state index contributed by atoms with van der Waals surface area (Å²) in [6, 6.07) is 1.67. The number of ketones is 1. The summed E-state index contributed by atoms with van der Waals surface area (Å²) in [4.78, 5) is 53.6. The number of ether oxygens (including phenoxy) is 4. The van der Waals surface area contributed by atoms with Crippen molar-refractivity contribution in [2.45, 2.75) is 109 Å². The molecule has 12 heteroatoms. The van der Waals surface area contributed by atoms with E-state index in [-0.39, 0.29) is 31.4 Å². The van der Waals surface area contributed by atoms with Crippen LogP contribution < -0.4 is 0 Å². The molecular weight excluding hydrogens is 600 g/mol. The van der Waals surface area contributed by atoms with Crippen molar-refractivity contribution in [3.05, 3.63) is 36.3 Å². The topological polar surface area (TPSA) is 179 Å². The van der Waals surface area contributed by atoms with Gasteiger partial charge in [0.1, 0.15) is 17.8 Å². The molecule has 12 nitrogen and oxygen atoms in total. The maximum atomic E-state index is 14.1. The highest BCUT2D eigenvalue weighted by Crippen LogP contribution is 2.70. The van der Waals surface area contributed by atoms with Crippen molar-refractivity contribution >= 4 is 23.7 Å². The van der Waals surface area contributed by atoms with Gasteiger partial charge in [0.05, 0.1) is 50.1 Å². The molecule has 3 N–H and O–H groups in total. The van der Waals surface area contributed by atoms with E-state index in [0.717, 1.165) is 0 Å². The minimum atomic E-state index is -2.26. The third-order valence-corrected chi connectivity index (χ3v) is 11.8. The van der Waals surface area contributed by atoms with Crippen LogP contribution in [0.25, 0.3) is 0 Å². The van der Waals surface area contributed by atoms with Gasteiger partial charge < -0.3 is 38.7 Å². The predicted octanol–water partition coefficient (Wildman–Crippen LogP) is 2.62. The lowest BCUT2D eigenvalue weighted by molar-refractivity contribution is -0.212. The van der Waals surface area contributed by atoms with Gasteiger partial charge in [0, 0.05) is 29.6 Å². The number of rotatable bonds is 10. The Kier molecular flexibility index (Phi) is 8.85. The Morgan fingerprint density at radius 2 is 1.87 bits per heavy atom. The van der Waals surface area contributed by atoms with Crippen LogP contribution in [0.4, 0.5) is 0 Å². The van der Waals surface area contributed by atoms with E-state index in [1.54, 1.807) is 40.7 Å². The third-order valence-electron chi connectivity index (χ3n) is 11.8. The first-order valence-electron chi connectivity index (χ1n) is 16.0. The number of cyclic esters (lactones) is 1. The number of esters is 3. The lowest BCUT2D eigenvalue weighted by atomic mass is 9.48. The third kappa shape index (κ3) is 4.70. The van der Waals surface area contributed by atoms with Gasteiger partial charge >= 0.3 is 17.9 Å². The Morgan fingerprint density at radius 1 is 1.17 bits per heavy atom. The van der Waals surface area contributed by atoms with E-state index >= 15 is 0 Å². The number of hydrogen-bond donors (Lipinski definition) is 3. The van der Waals surface area contributed by atoms with Crippen LogP contribution in [0.1, 0.15) is 78.7 Å². The van der Waals surface area contributed by atoms with E-state index in [4.69, 9.17) is 23.4 Å². The van der Waals surface area contributed by atoms with Gasteiger partial charge in [-0.25, -0.2) is 4.79 Å². The van der Waals surface area contributed by atoms with Gasteiger partial charge in [-0.1, -0.05) is 40.7 Å². The summed E-state index contributed by atoms with van der Waals surface area (Å²) >= 11 is 0. The van der Waals surface area contributed by atoms with Crippen molar-refractivity contribution in [3.63, 3.8) is 0 Å². The average Bonchev–Trinajstić information content (AvgIpc) is 3.76. The Bertz CT molecular complexity index is 1390. The average molecular weight is 647 g/mol. The fourth-order valence-electron chi connectivity index (χ4n) is 9.02. The summed E-state index contributed by atoms with van der Waals surface area (Å²) in [5.41, 5.74) is -5.81. The molecule has 0 aromatic carbocycles. The predicted molar refractivity (Wildman–Crippen MR) is 160 cm³/mol. The molecule has 0 amide bonds. The number of hydrogen-bond acceptors (Lipinski definition) is 12. The maximum Gasteiger partial charge on any atom is 0.335 e. The zero-order valence-electron chi connectivity index (χ0n) is 27.3. The number of aliphatic hydroxyl groups is 3. The number of fused-ring (bicyclic) bond motifs is 2. The molecule has 46 heavy (non-hydrogen) atoms. The van der Waals surface area contributed by atoms with Crippen LogP contribution >= 0.6 is 0 Å². The van der Waals surface area contributed by atoms with E-state index in [1.807, 2.05) is 6.92 Å². The molecule has 0 bridgehead atoms. The van der Waals surface area contributed by atoms with Crippen molar-refractivity contribution < 1.29 is 57.9 Å². The van der Waals surface area contributed by atoms with Crippen LogP contribution in [0.2, 0.25) is 0 Å². The second-order valence-corrected chi connectivity index (χ2v) is 14.1.